The van der Waals surface area contributed by atoms with E-state index in [0.29, 0.717) is 11.1 Å². The maximum atomic E-state index is 10.7. The minimum atomic E-state index is -0.465. The van der Waals surface area contributed by atoms with E-state index in [1.165, 1.54) is 6.39 Å². The first-order valence-corrected chi connectivity index (χ1v) is 3.40. The van der Waals surface area contributed by atoms with E-state index in [0.717, 1.165) is 5.52 Å². The molecule has 0 aliphatic carbocycles. The molecule has 0 saturated carbocycles. The van der Waals surface area contributed by atoms with Crippen molar-refractivity contribution in [3.8, 4) is 0 Å². The number of carbonyl (C=O) groups is 1. The van der Waals surface area contributed by atoms with Gasteiger partial charge in [-0.05, 0) is 18.2 Å². The average Bonchev–Trinajstić information content (AvgIpc) is 2.49. The van der Waals surface area contributed by atoms with Crippen LogP contribution in [0.25, 0.3) is 11.1 Å². The zero-order chi connectivity index (χ0) is 8.55. The quantitative estimate of drug-likeness (QED) is 0.873. The molecule has 0 spiro atoms. The smallest absolute Gasteiger partial charge is 0.248 e. The molecule has 1 aromatic carbocycles. The molecular weight excluding hydrogens is 316 g/mol. The first-order chi connectivity index (χ1) is 5.77. The first-order valence-electron chi connectivity index (χ1n) is 3.40. The van der Waals surface area contributed by atoms with E-state index in [1.807, 2.05) is 0 Å². The lowest BCUT2D eigenvalue weighted by atomic mass is 10.2. The van der Waals surface area contributed by atoms with Gasteiger partial charge in [0.1, 0.15) is 5.52 Å². The van der Waals surface area contributed by atoms with Crippen LogP contribution in [0.15, 0.2) is 29.0 Å². The highest BCUT2D eigenvalue weighted by Gasteiger charge is 2.03. The number of benzene rings is 1. The highest BCUT2D eigenvalue weighted by molar-refractivity contribution is 8.93. The number of oxazole rings is 1. The summed E-state index contributed by atoms with van der Waals surface area (Å²) in [6, 6.07) is 4.89. The van der Waals surface area contributed by atoms with Gasteiger partial charge in [0.2, 0.25) is 5.91 Å². The van der Waals surface area contributed by atoms with Gasteiger partial charge in [0.05, 0.1) is 0 Å². The van der Waals surface area contributed by atoms with Gasteiger partial charge in [-0.2, -0.15) is 0 Å². The molecule has 0 radical (unpaired) electrons. The number of primary amides is 1. The molecule has 1 aromatic heterocycles. The molecule has 0 aliphatic heterocycles. The molecule has 0 fully saturated rings. The van der Waals surface area contributed by atoms with Crippen molar-refractivity contribution < 1.29 is 9.21 Å². The van der Waals surface area contributed by atoms with Gasteiger partial charge in [0.25, 0.3) is 0 Å². The Morgan fingerprint density at radius 2 is 2.07 bits per heavy atom. The number of carbonyl (C=O) groups excluding carboxylic acids is 1. The van der Waals surface area contributed by atoms with Crippen molar-refractivity contribution in [1.82, 2.24) is 4.98 Å². The summed E-state index contributed by atoms with van der Waals surface area (Å²) in [4.78, 5) is 14.6. The van der Waals surface area contributed by atoms with Gasteiger partial charge in [-0.3, -0.25) is 4.79 Å². The highest BCUT2D eigenvalue weighted by atomic mass is 79.9. The predicted molar refractivity (Wildman–Crippen MR) is 63.2 cm³/mol. The van der Waals surface area contributed by atoms with Crippen LogP contribution in [0.2, 0.25) is 0 Å². The minimum Gasteiger partial charge on any atom is -0.443 e. The summed E-state index contributed by atoms with van der Waals surface area (Å²) in [5.74, 6) is -0.465. The van der Waals surface area contributed by atoms with Crippen LogP contribution in [0.3, 0.4) is 0 Å². The zero-order valence-corrected chi connectivity index (χ0v) is 10.4. The van der Waals surface area contributed by atoms with Crippen LogP contribution in [0.4, 0.5) is 0 Å². The Kier molecular flexibility index (Phi) is 4.79. The standard InChI is InChI=1S/C8H6N2O2.2BrH/c9-8(11)5-1-2-6-7(3-5)12-4-10-6;;/h1-4H,(H2,9,11);2*1H. The summed E-state index contributed by atoms with van der Waals surface area (Å²) < 4.78 is 4.99. The van der Waals surface area contributed by atoms with Crippen molar-refractivity contribution in [3.05, 3.63) is 30.2 Å². The number of nitrogens with zero attached hydrogens (tertiary/aromatic N) is 1. The van der Waals surface area contributed by atoms with Crippen molar-refractivity contribution in [2.75, 3.05) is 0 Å². The van der Waals surface area contributed by atoms with Gasteiger partial charge in [-0.15, -0.1) is 34.0 Å². The fourth-order valence-corrected chi connectivity index (χ4v) is 1.01. The molecule has 0 bridgehead atoms. The number of hydrogen-bond acceptors (Lipinski definition) is 3. The van der Waals surface area contributed by atoms with Crippen LogP contribution in [0.1, 0.15) is 10.4 Å². The Morgan fingerprint density at radius 1 is 1.36 bits per heavy atom. The van der Waals surface area contributed by atoms with Gasteiger partial charge < -0.3 is 10.2 Å². The topological polar surface area (TPSA) is 69.1 Å². The fraction of sp³-hybridized carbons (Fsp3) is 0. The van der Waals surface area contributed by atoms with Gasteiger partial charge in [0.15, 0.2) is 12.0 Å². The maximum absolute atomic E-state index is 10.7. The van der Waals surface area contributed by atoms with E-state index < -0.39 is 5.91 Å². The zero-order valence-electron chi connectivity index (χ0n) is 6.97. The lowest BCUT2D eigenvalue weighted by Gasteiger charge is -1.92. The summed E-state index contributed by atoms with van der Waals surface area (Å²) in [5.41, 5.74) is 6.80. The van der Waals surface area contributed by atoms with Gasteiger partial charge >= 0.3 is 0 Å². The molecule has 1 heterocycles. The third-order valence-electron chi connectivity index (χ3n) is 1.62. The van der Waals surface area contributed by atoms with E-state index >= 15 is 0 Å². The molecule has 0 aliphatic rings. The van der Waals surface area contributed by atoms with E-state index in [-0.39, 0.29) is 34.0 Å². The molecule has 2 N–H and O–H groups in total. The molecule has 2 rings (SSSR count). The minimum absolute atomic E-state index is 0. The average molecular weight is 324 g/mol. The van der Waals surface area contributed by atoms with Gasteiger partial charge in [-0.1, -0.05) is 0 Å². The number of rotatable bonds is 1. The van der Waals surface area contributed by atoms with Crippen molar-refractivity contribution >= 4 is 51.0 Å². The second kappa shape index (κ2) is 5.11. The van der Waals surface area contributed by atoms with Gasteiger partial charge in [0, 0.05) is 5.56 Å². The van der Waals surface area contributed by atoms with Crippen molar-refractivity contribution in [2.24, 2.45) is 5.73 Å². The largest absolute Gasteiger partial charge is 0.443 e. The van der Waals surface area contributed by atoms with Crippen molar-refractivity contribution in [3.63, 3.8) is 0 Å². The SMILES string of the molecule is Br.Br.NC(=O)c1ccc2ncoc2c1. The molecule has 4 nitrogen and oxygen atoms in total. The molecule has 0 atom stereocenters. The molecule has 0 unspecified atom stereocenters. The van der Waals surface area contributed by atoms with Gasteiger partial charge in [-0.25, -0.2) is 4.98 Å². The lowest BCUT2D eigenvalue weighted by Crippen LogP contribution is -2.10. The Labute approximate surface area is 101 Å². The third-order valence-corrected chi connectivity index (χ3v) is 1.62. The summed E-state index contributed by atoms with van der Waals surface area (Å²) in [7, 11) is 0. The summed E-state index contributed by atoms with van der Waals surface area (Å²) >= 11 is 0. The van der Waals surface area contributed by atoms with E-state index in [4.69, 9.17) is 10.2 Å². The number of nitrogens with two attached hydrogens (primary N) is 1. The van der Waals surface area contributed by atoms with E-state index in [9.17, 15) is 4.79 Å². The second-order valence-corrected chi connectivity index (χ2v) is 2.40. The summed E-state index contributed by atoms with van der Waals surface area (Å²) in [6.07, 6.45) is 1.33. The predicted octanol–water partition coefficient (Wildman–Crippen LogP) is 2.08. The van der Waals surface area contributed by atoms with E-state index in [1.54, 1.807) is 18.2 Å². The Morgan fingerprint density at radius 3 is 2.71 bits per heavy atom. The normalized spacial score (nSPS) is 8.86. The second-order valence-electron chi connectivity index (χ2n) is 2.40. The van der Waals surface area contributed by atoms with Crippen molar-refractivity contribution in [2.45, 2.75) is 0 Å². The highest BCUT2D eigenvalue weighted by Crippen LogP contribution is 2.13. The Balaban J connectivity index is 0.000000845. The molecule has 6 heteroatoms. The van der Waals surface area contributed by atoms with Crippen LogP contribution in [-0.4, -0.2) is 10.9 Å². The van der Waals surface area contributed by atoms with Crippen LogP contribution in [0, 0.1) is 0 Å². The number of fused-ring (bicyclic) bond motifs is 1. The monoisotopic (exact) mass is 322 g/mol. The number of aromatic nitrogens is 1. The molecule has 1 amide bonds. The Bertz CT molecular complexity index is 442. The summed E-state index contributed by atoms with van der Waals surface area (Å²) in [6.45, 7) is 0. The first kappa shape index (κ1) is 13.1. The summed E-state index contributed by atoms with van der Waals surface area (Å²) in [5, 5.41) is 0. The molecule has 2 aromatic rings. The third kappa shape index (κ3) is 2.33. The van der Waals surface area contributed by atoms with E-state index in [2.05, 4.69) is 4.98 Å². The van der Waals surface area contributed by atoms with Crippen LogP contribution < -0.4 is 5.73 Å². The van der Waals surface area contributed by atoms with Crippen LogP contribution >= 0.6 is 34.0 Å². The number of hydrogen-bond donors (Lipinski definition) is 1. The molecular formula is C8H8Br2N2O2. The Hall–Kier alpha value is -0.880. The fourth-order valence-electron chi connectivity index (χ4n) is 1.01. The number of halogens is 2. The lowest BCUT2D eigenvalue weighted by molar-refractivity contribution is 0.100. The maximum Gasteiger partial charge on any atom is 0.248 e. The van der Waals surface area contributed by atoms with Crippen molar-refractivity contribution in [1.29, 1.82) is 0 Å². The molecule has 76 valence electrons. The molecule has 0 saturated heterocycles. The van der Waals surface area contributed by atoms with Crippen LogP contribution in [-0.2, 0) is 0 Å². The van der Waals surface area contributed by atoms with Crippen LogP contribution in [0.5, 0.6) is 0 Å². The molecule has 14 heavy (non-hydrogen) atoms. The number of amides is 1.